The van der Waals surface area contributed by atoms with Gasteiger partial charge in [-0.15, -0.1) is 0 Å². The summed E-state index contributed by atoms with van der Waals surface area (Å²) >= 11 is 0. The monoisotopic (exact) mass is 184 g/mol. The summed E-state index contributed by atoms with van der Waals surface area (Å²) < 4.78 is 4.72. The maximum absolute atomic E-state index is 11.0. The average Bonchev–Trinajstić information content (AvgIpc) is 2.52. The SMILES string of the molecule is C=CC(=O)OCCN1CCNC1=O. The molecule has 0 unspecified atom stereocenters. The van der Waals surface area contributed by atoms with E-state index in [9.17, 15) is 9.59 Å². The number of hydrogen-bond acceptors (Lipinski definition) is 3. The molecule has 0 aromatic rings. The van der Waals surface area contributed by atoms with E-state index >= 15 is 0 Å². The van der Waals surface area contributed by atoms with Crippen LogP contribution in [0.1, 0.15) is 0 Å². The fourth-order valence-electron chi connectivity index (χ4n) is 1.04. The summed E-state index contributed by atoms with van der Waals surface area (Å²) in [5.41, 5.74) is 0. The Labute approximate surface area is 76.3 Å². The smallest absolute Gasteiger partial charge is 0.330 e. The van der Waals surface area contributed by atoms with Gasteiger partial charge in [0.05, 0.1) is 6.54 Å². The lowest BCUT2D eigenvalue weighted by Gasteiger charge is -2.12. The number of rotatable bonds is 4. The van der Waals surface area contributed by atoms with Gasteiger partial charge in [-0.1, -0.05) is 6.58 Å². The lowest BCUT2D eigenvalue weighted by molar-refractivity contribution is -0.137. The zero-order valence-corrected chi connectivity index (χ0v) is 7.28. The number of ether oxygens (including phenoxy) is 1. The first kappa shape index (κ1) is 9.57. The van der Waals surface area contributed by atoms with E-state index in [0.717, 1.165) is 6.08 Å². The van der Waals surface area contributed by atoms with Crippen molar-refractivity contribution in [2.75, 3.05) is 26.2 Å². The molecule has 1 saturated heterocycles. The van der Waals surface area contributed by atoms with Gasteiger partial charge in [-0.05, 0) is 0 Å². The highest BCUT2D eigenvalue weighted by Gasteiger charge is 2.18. The highest BCUT2D eigenvalue weighted by Crippen LogP contribution is 1.95. The average molecular weight is 184 g/mol. The number of esters is 1. The molecule has 0 spiro atoms. The van der Waals surface area contributed by atoms with Crippen molar-refractivity contribution in [2.24, 2.45) is 0 Å². The number of urea groups is 1. The first-order chi connectivity index (χ1) is 6.24. The third-order valence-electron chi connectivity index (χ3n) is 1.72. The molecule has 0 aromatic carbocycles. The second-order valence-corrected chi connectivity index (χ2v) is 2.59. The van der Waals surface area contributed by atoms with E-state index in [4.69, 9.17) is 4.74 Å². The van der Waals surface area contributed by atoms with Gasteiger partial charge in [-0.2, -0.15) is 0 Å². The van der Waals surface area contributed by atoms with E-state index in [1.165, 1.54) is 0 Å². The topological polar surface area (TPSA) is 58.6 Å². The summed E-state index contributed by atoms with van der Waals surface area (Å²) in [5, 5.41) is 2.65. The minimum Gasteiger partial charge on any atom is -0.461 e. The molecule has 1 aliphatic rings. The maximum atomic E-state index is 11.0. The van der Waals surface area contributed by atoms with Crippen molar-refractivity contribution in [3.05, 3.63) is 12.7 Å². The minimum atomic E-state index is -0.459. The molecule has 0 radical (unpaired) electrons. The summed E-state index contributed by atoms with van der Waals surface area (Å²) in [4.78, 5) is 23.2. The summed E-state index contributed by atoms with van der Waals surface area (Å²) in [6, 6.07) is -0.102. The van der Waals surface area contributed by atoms with Crippen LogP contribution >= 0.6 is 0 Å². The first-order valence-corrected chi connectivity index (χ1v) is 4.06. The van der Waals surface area contributed by atoms with Gasteiger partial charge in [0.1, 0.15) is 6.61 Å². The van der Waals surface area contributed by atoms with Gasteiger partial charge in [0.2, 0.25) is 0 Å². The standard InChI is InChI=1S/C8H12N2O3/c1-2-7(11)13-6-5-10-4-3-9-8(10)12/h2H,1,3-6H2,(H,9,12). The number of carbonyl (C=O) groups is 2. The van der Waals surface area contributed by atoms with E-state index < -0.39 is 5.97 Å². The lowest BCUT2D eigenvalue weighted by atomic mass is 10.5. The van der Waals surface area contributed by atoms with E-state index in [2.05, 4.69) is 11.9 Å². The normalized spacial score (nSPS) is 15.4. The molecule has 1 rings (SSSR count). The predicted molar refractivity (Wildman–Crippen MR) is 46.1 cm³/mol. The Bertz CT molecular complexity index is 227. The number of carbonyl (C=O) groups excluding carboxylic acids is 2. The van der Waals surface area contributed by atoms with Crippen molar-refractivity contribution in [1.82, 2.24) is 10.2 Å². The Kier molecular flexibility index (Phi) is 3.31. The zero-order valence-electron chi connectivity index (χ0n) is 7.28. The highest BCUT2D eigenvalue weighted by molar-refractivity contribution is 5.81. The molecule has 5 nitrogen and oxygen atoms in total. The molecule has 13 heavy (non-hydrogen) atoms. The largest absolute Gasteiger partial charge is 0.461 e. The molecular formula is C8H12N2O3. The Balaban J connectivity index is 2.15. The minimum absolute atomic E-state index is 0.102. The van der Waals surface area contributed by atoms with Crippen molar-refractivity contribution < 1.29 is 14.3 Å². The number of nitrogens with one attached hydrogen (secondary N) is 1. The number of amides is 2. The molecular weight excluding hydrogens is 172 g/mol. The quantitative estimate of drug-likeness (QED) is 0.483. The lowest BCUT2D eigenvalue weighted by Crippen LogP contribution is -2.31. The zero-order chi connectivity index (χ0) is 9.68. The summed E-state index contributed by atoms with van der Waals surface area (Å²) in [5.74, 6) is -0.459. The van der Waals surface area contributed by atoms with Crippen molar-refractivity contribution in [3.8, 4) is 0 Å². The van der Waals surface area contributed by atoms with Gasteiger partial charge in [-0.25, -0.2) is 9.59 Å². The molecule has 72 valence electrons. The van der Waals surface area contributed by atoms with E-state index in [1.807, 2.05) is 0 Å². The fraction of sp³-hybridized carbons (Fsp3) is 0.500. The van der Waals surface area contributed by atoms with Crippen molar-refractivity contribution in [2.45, 2.75) is 0 Å². The second kappa shape index (κ2) is 4.49. The Morgan fingerprint density at radius 2 is 2.54 bits per heavy atom. The van der Waals surface area contributed by atoms with Crippen LogP contribution in [0.3, 0.4) is 0 Å². The van der Waals surface area contributed by atoms with E-state index in [0.29, 0.717) is 19.6 Å². The summed E-state index contributed by atoms with van der Waals surface area (Å²) in [6.45, 7) is 5.25. The van der Waals surface area contributed by atoms with Crippen LogP contribution in [0.5, 0.6) is 0 Å². The molecule has 1 N–H and O–H groups in total. The molecule has 0 aromatic heterocycles. The summed E-state index contributed by atoms with van der Waals surface area (Å²) in [6.07, 6.45) is 1.10. The van der Waals surface area contributed by atoms with Crippen LogP contribution < -0.4 is 5.32 Å². The number of hydrogen-bond donors (Lipinski definition) is 1. The first-order valence-electron chi connectivity index (χ1n) is 4.06. The van der Waals surface area contributed by atoms with Crippen LogP contribution in [0, 0.1) is 0 Å². The van der Waals surface area contributed by atoms with Crippen LogP contribution in [-0.2, 0) is 9.53 Å². The third-order valence-corrected chi connectivity index (χ3v) is 1.72. The van der Waals surface area contributed by atoms with Gasteiger partial charge in [-0.3, -0.25) is 0 Å². The van der Waals surface area contributed by atoms with Gasteiger partial charge < -0.3 is 15.0 Å². The van der Waals surface area contributed by atoms with Gasteiger partial charge >= 0.3 is 12.0 Å². The third kappa shape index (κ3) is 2.77. The van der Waals surface area contributed by atoms with Crippen molar-refractivity contribution in [1.29, 1.82) is 0 Å². The van der Waals surface area contributed by atoms with Crippen molar-refractivity contribution in [3.63, 3.8) is 0 Å². The highest BCUT2D eigenvalue weighted by atomic mass is 16.5. The molecule has 0 aliphatic carbocycles. The molecule has 1 fully saturated rings. The molecule has 1 heterocycles. The molecule has 1 aliphatic heterocycles. The Hall–Kier alpha value is -1.52. The van der Waals surface area contributed by atoms with Gasteiger partial charge in [0, 0.05) is 19.2 Å². The van der Waals surface area contributed by atoms with Crippen LogP contribution in [0.15, 0.2) is 12.7 Å². The molecule has 2 amide bonds. The predicted octanol–water partition coefficient (Wildman–Crippen LogP) is -0.259. The maximum Gasteiger partial charge on any atom is 0.330 e. The van der Waals surface area contributed by atoms with Crippen molar-refractivity contribution >= 4 is 12.0 Å². The Morgan fingerprint density at radius 1 is 1.77 bits per heavy atom. The Morgan fingerprint density at radius 3 is 3.08 bits per heavy atom. The molecule has 0 bridgehead atoms. The van der Waals surface area contributed by atoms with Crippen LogP contribution in [0.4, 0.5) is 4.79 Å². The van der Waals surface area contributed by atoms with Crippen LogP contribution in [0.25, 0.3) is 0 Å². The molecule has 0 atom stereocenters. The van der Waals surface area contributed by atoms with Gasteiger partial charge in [0.25, 0.3) is 0 Å². The van der Waals surface area contributed by atoms with Crippen LogP contribution in [0.2, 0.25) is 0 Å². The molecule has 5 heteroatoms. The van der Waals surface area contributed by atoms with E-state index in [1.54, 1.807) is 4.90 Å². The fourth-order valence-corrected chi connectivity index (χ4v) is 1.04. The van der Waals surface area contributed by atoms with Crippen LogP contribution in [-0.4, -0.2) is 43.1 Å². The van der Waals surface area contributed by atoms with Gasteiger partial charge in [0.15, 0.2) is 0 Å². The summed E-state index contributed by atoms with van der Waals surface area (Å²) in [7, 11) is 0. The van der Waals surface area contributed by atoms with E-state index in [-0.39, 0.29) is 12.6 Å². The second-order valence-electron chi connectivity index (χ2n) is 2.59. The number of nitrogens with zero attached hydrogens (tertiary/aromatic N) is 1. The molecule has 0 saturated carbocycles.